The first kappa shape index (κ1) is 18.8. The second kappa shape index (κ2) is 9.14. The van der Waals surface area contributed by atoms with Crippen LogP contribution in [-0.4, -0.2) is 62.9 Å². The number of para-hydroxylation sites is 1. The number of halogens is 2. The highest BCUT2D eigenvalue weighted by Gasteiger charge is 2.32. The average Bonchev–Trinajstić information content (AvgIpc) is 3.10. The van der Waals surface area contributed by atoms with Crippen molar-refractivity contribution in [2.24, 2.45) is 4.99 Å². The number of guanidine groups is 1. The van der Waals surface area contributed by atoms with Gasteiger partial charge in [-0.1, -0.05) is 18.2 Å². The molecule has 0 radical (unpaired) electrons. The Hall–Kier alpha value is -1.93. The molecule has 6 nitrogen and oxygen atoms in total. The van der Waals surface area contributed by atoms with E-state index in [2.05, 4.69) is 25.3 Å². The molecule has 1 aromatic carbocycles. The van der Waals surface area contributed by atoms with E-state index in [1.165, 1.54) is 18.9 Å². The molecule has 2 fully saturated rings. The summed E-state index contributed by atoms with van der Waals surface area (Å²) in [5, 5.41) is 6.38. The largest absolute Gasteiger partial charge is 0.434 e. The predicted octanol–water partition coefficient (Wildman–Crippen LogP) is 1.82. The van der Waals surface area contributed by atoms with E-state index >= 15 is 0 Å². The van der Waals surface area contributed by atoms with Crippen LogP contribution in [0.5, 0.6) is 5.75 Å². The number of hydrogen-bond donors (Lipinski definition) is 2. The molecule has 2 heterocycles. The van der Waals surface area contributed by atoms with Gasteiger partial charge in [-0.3, -0.25) is 9.89 Å². The fourth-order valence-electron chi connectivity index (χ4n) is 3.48. The normalized spacial score (nSPS) is 23.8. The summed E-state index contributed by atoms with van der Waals surface area (Å²) in [5.74, 6) is 0.769. The Morgan fingerprint density at radius 1 is 1.38 bits per heavy atom. The highest BCUT2D eigenvalue weighted by Crippen LogP contribution is 2.22. The van der Waals surface area contributed by atoms with Crippen LogP contribution in [0.15, 0.2) is 29.3 Å². The molecule has 0 amide bonds. The molecule has 2 aliphatic heterocycles. The van der Waals surface area contributed by atoms with E-state index in [1.807, 2.05) is 0 Å². The van der Waals surface area contributed by atoms with E-state index < -0.39 is 6.61 Å². The van der Waals surface area contributed by atoms with Crippen molar-refractivity contribution in [2.75, 3.05) is 33.3 Å². The molecule has 0 aromatic heterocycles. The zero-order valence-electron chi connectivity index (χ0n) is 15.0. The predicted molar refractivity (Wildman–Crippen MR) is 95.6 cm³/mol. The van der Waals surface area contributed by atoms with Crippen molar-refractivity contribution in [2.45, 2.75) is 38.1 Å². The van der Waals surface area contributed by atoms with Crippen molar-refractivity contribution in [1.29, 1.82) is 0 Å². The maximum absolute atomic E-state index is 12.5. The van der Waals surface area contributed by atoms with Gasteiger partial charge >= 0.3 is 6.61 Å². The van der Waals surface area contributed by atoms with Gasteiger partial charge in [-0.15, -0.1) is 0 Å². The van der Waals surface area contributed by atoms with Crippen LogP contribution < -0.4 is 15.4 Å². The molecule has 2 unspecified atom stereocenters. The average molecular weight is 368 g/mol. The lowest BCUT2D eigenvalue weighted by atomic mass is 10.2. The van der Waals surface area contributed by atoms with Crippen molar-refractivity contribution < 1.29 is 18.3 Å². The number of morpholine rings is 1. The number of aliphatic imine (C=N–C) groups is 1. The second-order valence-electron chi connectivity index (χ2n) is 6.54. The number of nitrogens with one attached hydrogen (secondary N) is 2. The van der Waals surface area contributed by atoms with Gasteiger partial charge in [-0.2, -0.15) is 8.78 Å². The molecule has 2 saturated heterocycles. The van der Waals surface area contributed by atoms with Crippen LogP contribution in [0.3, 0.4) is 0 Å². The Morgan fingerprint density at radius 3 is 3.04 bits per heavy atom. The zero-order chi connectivity index (χ0) is 18.4. The van der Waals surface area contributed by atoms with Crippen LogP contribution in [0, 0.1) is 0 Å². The second-order valence-corrected chi connectivity index (χ2v) is 6.54. The summed E-state index contributed by atoms with van der Waals surface area (Å²) in [4.78, 5) is 6.67. The Labute approximate surface area is 152 Å². The first-order valence-corrected chi connectivity index (χ1v) is 8.98. The third kappa shape index (κ3) is 5.04. The van der Waals surface area contributed by atoms with Crippen LogP contribution >= 0.6 is 0 Å². The van der Waals surface area contributed by atoms with Gasteiger partial charge in [-0.05, 0) is 25.5 Å². The number of rotatable bonds is 6. The molecule has 2 atom stereocenters. The van der Waals surface area contributed by atoms with Gasteiger partial charge in [0.2, 0.25) is 0 Å². The first-order chi connectivity index (χ1) is 12.7. The lowest BCUT2D eigenvalue weighted by molar-refractivity contribution is -0.0504. The fourth-order valence-corrected chi connectivity index (χ4v) is 3.48. The van der Waals surface area contributed by atoms with Crippen molar-refractivity contribution >= 4 is 5.96 Å². The van der Waals surface area contributed by atoms with Gasteiger partial charge in [0.25, 0.3) is 0 Å². The SMILES string of the molecule is CN=C(NCc1ccccc1OC(F)F)NCC1CN2CCCC2CO1. The molecule has 1 aromatic rings. The van der Waals surface area contributed by atoms with Crippen molar-refractivity contribution in [3.8, 4) is 5.75 Å². The van der Waals surface area contributed by atoms with E-state index in [4.69, 9.17) is 4.74 Å². The maximum Gasteiger partial charge on any atom is 0.387 e. The Balaban J connectivity index is 1.47. The van der Waals surface area contributed by atoms with Crippen molar-refractivity contribution in [3.05, 3.63) is 29.8 Å². The number of alkyl halides is 2. The standard InChI is InChI=1S/C18H26F2N4O2/c1-21-18(22-9-13-5-2-3-7-16(13)26-17(19)20)23-10-15-11-24-8-4-6-14(24)12-25-15/h2-3,5,7,14-15,17H,4,6,8-12H2,1H3,(H2,21,22,23). The molecular formula is C18H26F2N4O2. The molecule has 8 heteroatoms. The molecule has 0 spiro atoms. The summed E-state index contributed by atoms with van der Waals surface area (Å²) < 4.78 is 35.4. The first-order valence-electron chi connectivity index (χ1n) is 8.98. The topological polar surface area (TPSA) is 58.1 Å². The van der Waals surface area contributed by atoms with Gasteiger partial charge in [-0.25, -0.2) is 0 Å². The van der Waals surface area contributed by atoms with E-state index in [0.29, 0.717) is 30.7 Å². The number of fused-ring (bicyclic) bond motifs is 1. The Morgan fingerprint density at radius 2 is 2.23 bits per heavy atom. The van der Waals surface area contributed by atoms with Crippen LogP contribution in [0.1, 0.15) is 18.4 Å². The molecule has 144 valence electrons. The summed E-state index contributed by atoms with van der Waals surface area (Å²) in [6.07, 6.45) is 2.60. The molecule has 2 N–H and O–H groups in total. The molecule has 2 aliphatic rings. The summed E-state index contributed by atoms with van der Waals surface area (Å²) >= 11 is 0. The molecule has 0 bridgehead atoms. The minimum absolute atomic E-state index is 0.123. The van der Waals surface area contributed by atoms with Gasteiger partial charge < -0.3 is 20.1 Å². The number of nitrogens with zero attached hydrogens (tertiary/aromatic N) is 2. The molecule has 3 rings (SSSR count). The van der Waals surface area contributed by atoms with E-state index in [0.717, 1.165) is 19.7 Å². The van der Waals surface area contributed by atoms with E-state index in [-0.39, 0.29) is 11.9 Å². The van der Waals surface area contributed by atoms with E-state index in [1.54, 1.807) is 25.2 Å². The number of benzene rings is 1. The van der Waals surface area contributed by atoms with E-state index in [9.17, 15) is 8.78 Å². The van der Waals surface area contributed by atoms with Gasteiger partial charge in [0.15, 0.2) is 5.96 Å². The minimum atomic E-state index is -2.84. The quantitative estimate of drug-likeness (QED) is 0.593. The van der Waals surface area contributed by atoms with Gasteiger partial charge in [0, 0.05) is 38.3 Å². The summed E-state index contributed by atoms with van der Waals surface area (Å²) in [6, 6.07) is 7.31. The van der Waals surface area contributed by atoms with Crippen LogP contribution in [-0.2, 0) is 11.3 Å². The number of ether oxygens (including phenoxy) is 2. The number of hydrogen-bond acceptors (Lipinski definition) is 4. The monoisotopic (exact) mass is 368 g/mol. The zero-order valence-corrected chi connectivity index (χ0v) is 15.0. The molecule has 0 saturated carbocycles. The smallest absolute Gasteiger partial charge is 0.387 e. The van der Waals surface area contributed by atoms with Crippen molar-refractivity contribution in [3.63, 3.8) is 0 Å². The Bertz CT molecular complexity index is 615. The maximum atomic E-state index is 12.5. The minimum Gasteiger partial charge on any atom is -0.434 e. The van der Waals surface area contributed by atoms with Crippen LogP contribution in [0.4, 0.5) is 8.78 Å². The fraction of sp³-hybridized carbons (Fsp3) is 0.611. The lowest BCUT2D eigenvalue weighted by Gasteiger charge is -2.35. The summed E-state index contributed by atoms with van der Waals surface area (Å²) in [7, 11) is 1.68. The highest BCUT2D eigenvalue weighted by molar-refractivity contribution is 5.79. The van der Waals surface area contributed by atoms with Crippen LogP contribution in [0.2, 0.25) is 0 Å². The molecule has 0 aliphatic carbocycles. The highest BCUT2D eigenvalue weighted by atomic mass is 19.3. The van der Waals surface area contributed by atoms with Crippen molar-refractivity contribution in [1.82, 2.24) is 15.5 Å². The molecule has 26 heavy (non-hydrogen) atoms. The van der Waals surface area contributed by atoms with Gasteiger partial charge in [0.05, 0.1) is 12.7 Å². The third-order valence-electron chi connectivity index (χ3n) is 4.82. The lowest BCUT2D eigenvalue weighted by Crippen LogP contribution is -2.51. The molecular weight excluding hydrogens is 342 g/mol. The third-order valence-corrected chi connectivity index (χ3v) is 4.82. The van der Waals surface area contributed by atoms with Crippen LogP contribution in [0.25, 0.3) is 0 Å². The summed E-state index contributed by atoms with van der Waals surface area (Å²) in [5.41, 5.74) is 0.643. The Kier molecular flexibility index (Phi) is 6.62. The summed E-state index contributed by atoms with van der Waals surface area (Å²) in [6.45, 7) is 1.02. The van der Waals surface area contributed by atoms with Gasteiger partial charge in [0.1, 0.15) is 5.75 Å².